The van der Waals surface area contributed by atoms with Gasteiger partial charge in [0, 0.05) is 37.8 Å². The summed E-state index contributed by atoms with van der Waals surface area (Å²) in [5.41, 5.74) is 7.85. The van der Waals surface area contributed by atoms with Crippen molar-refractivity contribution >= 4 is 41.5 Å². The second-order valence-corrected chi connectivity index (χ2v) is 8.52. The van der Waals surface area contributed by atoms with E-state index in [2.05, 4.69) is 41.3 Å². The number of carbonyl (C=O) groups is 1. The van der Waals surface area contributed by atoms with Gasteiger partial charge in [-0.2, -0.15) is 0 Å². The molecule has 1 heterocycles. The van der Waals surface area contributed by atoms with Crippen molar-refractivity contribution in [3.8, 4) is 0 Å². The van der Waals surface area contributed by atoms with E-state index in [1.807, 2.05) is 24.3 Å². The number of rotatable bonds is 11. The highest BCUT2D eigenvalue weighted by atomic mass is 127. The third kappa shape index (κ3) is 12.3. The lowest BCUT2D eigenvalue weighted by Crippen LogP contribution is -2.38. The molecule has 0 spiro atoms. The molecule has 1 fully saturated rings. The standard InChI is InChI=1S/C23H39N5O2.HI/c1-18(2)6-4-7-19(3)26-23(24)25-17-20-8-5-9-21(16-20)27-22(29)10-11-28-12-14-30-15-13-28;/h5,8-9,16,18-19H,4,6-7,10-15,17H2,1-3H3,(H,27,29)(H3,24,25,26);1H. The Bertz CT molecular complexity index is 678. The van der Waals surface area contributed by atoms with Gasteiger partial charge in [-0.25, -0.2) is 4.99 Å². The molecule has 8 heteroatoms. The van der Waals surface area contributed by atoms with Crippen LogP contribution in [0.5, 0.6) is 0 Å². The number of nitrogens with one attached hydrogen (secondary N) is 2. The summed E-state index contributed by atoms with van der Waals surface area (Å²) in [6, 6.07) is 8.09. The van der Waals surface area contributed by atoms with Crippen LogP contribution < -0.4 is 16.4 Å². The van der Waals surface area contributed by atoms with Crippen LogP contribution in [0.4, 0.5) is 5.69 Å². The molecular formula is C23H40IN5O2. The Morgan fingerprint density at radius 3 is 2.68 bits per heavy atom. The van der Waals surface area contributed by atoms with E-state index in [1.54, 1.807) is 0 Å². The average Bonchev–Trinajstić information content (AvgIpc) is 2.71. The predicted molar refractivity (Wildman–Crippen MR) is 139 cm³/mol. The summed E-state index contributed by atoms with van der Waals surface area (Å²) >= 11 is 0. The summed E-state index contributed by atoms with van der Waals surface area (Å²) in [6.07, 6.45) is 3.98. The molecule has 1 amide bonds. The van der Waals surface area contributed by atoms with Crippen molar-refractivity contribution in [1.82, 2.24) is 10.2 Å². The van der Waals surface area contributed by atoms with Crippen LogP contribution >= 0.6 is 24.0 Å². The van der Waals surface area contributed by atoms with Crippen LogP contribution in [-0.2, 0) is 16.1 Å². The highest BCUT2D eigenvalue weighted by Gasteiger charge is 2.12. The Labute approximate surface area is 204 Å². The first kappa shape index (κ1) is 27.6. The first-order valence-corrected chi connectivity index (χ1v) is 11.2. The first-order chi connectivity index (χ1) is 14.4. The number of anilines is 1. The van der Waals surface area contributed by atoms with Gasteiger partial charge in [-0.05, 0) is 37.0 Å². The zero-order valence-electron chi connectivity index (χ0n) is 19.2. The number of nitrogens with zero attached hydrogens (tertiary/aromatic N) is 2. The molecule has 7 nitrogen and oxygen atoms in total. The van der Waals surface area contributed by atoms with Crippen molar-refractivity contribution < 1.29 is 9.53 Å². The van der Waals surface area contributed by atoms with Gasteiger partial charge in [-0.1, -0.05) is 38.8 Å². The molecule has 31 heavy (non-hydrogen) atoms. The minimum atomic E-state index is 0. The minimum absolute atomic E-state index is 0. The quantitative estimate of drug-likeness (QED) is 0.225. The van der Waals surface area contributed by atoms with E-state index in [9.17, 15) is 4.79 Å². The number of guanidine groups is 1. The minimum Gasteiger partial charge on any atom is -0.379 e. The number of halogens is 1. The lowest BCUT2D eigenvalue weighted by molar-refractivity contribution is -0.116. The number of hydrogen-bond acceptors (Lipinski definition) is 4. The van der Waals surface area contributed by atoms with Crippen molar-refractivity contribution in [3.05, 3.63) is 29.8 Å². The molecule has 0 bridgehead atoms. The predicted octanol–water partition coefficient (Wildman–Crippen LogP) is 3.58. The number of hydrogen-bond donors (Lipinski definition) is 3. The topological polar surface area (TPSA) is 92.0 Å². The average molecular weight is 546 g/mol. The monoisotopic (exact) mass is 545 g/mol. The Morgan fingerprint density at radius 1 is 1.23 bits per heavy atom. The number of carbonyl (C=O) groups excluding carboxylic acids is 1. The molecule has 176 valence electrons. The van der Waals surface area contributed by atoms with Crippen molar-refractivity contribution in [1.29, 1.82) is 0 Å². The van der Waals surface area contributed by atoms with E-state index in [4.69, 9.17) is 10.5 Å². The zero-order chi connectivity index (χ0) is 21.8. The molecule has 0 aromatic heterocycles. The molecule has 2 rings (SSSR count). The van der Waals surface area contributed by atoms with Crippen LogP contribution in [0.15, 0.2) is 29.3 Å². The smallest absolute Gasteiger partial charge is 0.225 e. The van der Waals surface area contributed by atoms with E-state index in [-0.39, 0.29) is 29.9 Å². The number of ether oxygens (including phenoxy) is 1. The molecule has 1 aliphatic rings. The fraction of sp³-hybridized carbons (Fsp3) is 0.652. The molecular weight excluding hydrogens is 505 g/mol. The van der Waals surface area contributed by atoms with Crippen LogP contribution in [0, 0.1) is 5.92 Å². The van der Waals surface area contributed by atoms with E-state index >= 15 is 0 Å². The normalized spacial score (nSPS) is 15.9. The summed E-state index contributed by atoms with van der Waals surface area (Å²) < 4.78 is 5.34. The zero-order valence-corrected chi connectivity index (χ0v) is 21.6. The molecule has 0 radical (unpaired) electrons. The van der Waals surface area contributed by atoms with Gasteiger partial charge in [-0.3, -0.25) is 9.69 Å². The fourth-order valence-corrected chi connectivity index (χ4v) is 3.43. The molecule has 1 aromatic carbocycles. The second-order valence-electron chi connectivity index (χ2n) is 8.52. The third-order valence-corrected chi connectivity index (χ3v) is 5.21. The van der Waals surface area contributed by atoms with E-state index in [1.165, 1.54) is 12.8 Å². The highest BCUT2D eigenvalue weighted by Crippen LogP contribution is 2.12. The summed E-state index contributed by atoms with van der Waals surface area (Å²) in [6.45, 7) is 11.2. The molecule has 1 atom stereocenters. The molecule has 1 saturated heterocycles. The molecule has 0 aliphatic carbocycles. The third-order valence-electron chi connectivity index (χ3n) is 5.21. The molecule has 1 unspecified atom stereocenters. The largest absolute Gasteiger partial charge is 0.379 e. The number of morpholine rings is 1. The van der Waals surface area contributed by atoms with Crippen molar-refractivity contribution in [2.75, 3.05) is 38.2 Å². The molecule has 0 saturated carbocycles. The SMILES string of the molecule is CC(C)CCCC(C)NC(N)=NCc1cccc(NC(=O)CCN2CCOCC2)c1.I. The van der Waals surface area contributed by atoms with Gasteiger partial charge in [0.25, 0.3) is 0 Å². The molecule has 1 aliphatic heterocycles. The van der Waals surface area contributed by atoms with Crippen molar-refractivity contribution in [3.63, 3.8) is 0 Å². The summed E-state index contributed by atoms with van der Waals surface area (Å²) in [5.74, 6) is 1.22. The Balaban J connectivity index is 0.00000480. The van der Waals surface area contributed by atoms with Gasteiger partial charge < -0.3 is 21.1 Å². The van der Waals surface area contributed by atoms with E-state index in [0.717, 1.165) is 56.4 Å². The maximum Gasteiger partial charge on any atom is 0.225 e. The van der Waals surface area contributed by atoms with Crippen LogP contribution in [0.25, 0.3) is 0 Å². The lowest BCUT2D eigenvalue weighted by Gasteiger charge is -2.26. The highest BCUT2D eigenvalue weighted by molar-refractivity contribution is 14.0. The van der Waals surface area contributed by atoms with Crippen molar-refractivity contribution in [2.45, 2.75) is 59.0 Å². The lowest BCUT2D eigenvalue weighted by atomic mass is 10.0. The van der Waals surface area contributed by atoms with Crippen LogP contribution in [0.2, 0.25) is 0 Å². The maximum absolute atomic E-state index is 12.3. The maximum atomic E-state index is 12.3. The first-order valence-electron chi connectivity index (χ1n) is 11.2. The van der Waals surface area contributed by atoms with Crippen LogP contribution in [-0.4, -0.2) is 55.7 Å². The number of nitrogens with two attached hydrogens (primary N) is 1. The van der Waals surface area contributed by atoms with Gasteiger partial charge in [0.1, 0.15) is 0 Å². The molecule has 1 aromatic rings. The molecule has 4 N–H and O–H groups in total. The van der Waals surface area contributed by atoms with Gasteiger partial charge >= 0.3 is 0 Å². The fourth-order valence-electron chi connectivity index (χ4n) is 3.43. The number of aliphatic imine (C=N–C) groups is 1. The Kier molecular flexibility index (Phi) is 13.7. The van der Waals surface area contributed by atoms with Gasteiger partial charge in [0.05, 0.1) is 19.8 Å². The number of amides is 1. The van der Waals surface area contributed by atoms with Crippen LogP contribution in [0.3, 0.4) is 0 Å². The van der Waals surface area contributed by atoms with Crippen LogP contribution in [0.1, 0.15) is 52.0 Å². The number of benzene rings is 1. The summed E-state index contributed by atoms with van der Waals surface area (Å²) in [7, 11) is 0. The van der Waals surface area contributed by atoms with Crippen molar-refractivity contribution in [2.24, 2.45) is 16.6 Å². The summed E-state index contributed by atoms with van der Waals surface area (Å²) in [4.78, 5) is 19.0. The van der Waals surface area contributed by atoms with Gasteiger partial charge in [0.15, 0.2) is 5.96 Å². The van der Waals surface area contributed by atoms with E-state index in [0.29, 0.717) is 25.0 Å². The Hall–Kier alpha value is -1.39. The second kappa shape index (κ2) is 15.4. The van der Waals surface area contributed by atoms with E-state index < -0.39 is 0 Å². The van der Waals surface area contributed by atoms with Gasteiger partial charge in [-0.15, -0.1) is 24.0 Å². The van der Waals surface area contributed by atoms with Gasteiger partial charge in [0.2, 0.25) is 5.91 Å². The Morgan fingerprint density at radius 2 is 1.97 bits per heavy atom. The summed E-state index contributed by atoms with van der Waals surface area (Å²) in [5, 5.41) is 6.24.